The molecule has 1 aromatic carbocycles. The summed E-state index contributed by atoms with van der Waals surface area (Å²) in [6, 6.07) is 4.63. The third-order valence-corrected chi connectivity index (χ3v) is 3.29. The van der Waals surface area contributed by atoms with Crippen molar-refractivity contribution >= 4 is 5.91 Å². The van der Waals surface area contributed by atoms with Crippen LogP contribution in [0.25, 0.3) is 5.82 Å². The van der Waals surface area contributed by atoms with Gasteiger partial charge in [-0.2, -0.15) is 0 Å². The van der Waals surface area contributed by atoms with Crippen LogP contribution in [0.1, 0.15) is 15.9 Å². The summed E-state index contributed by atoms with van der Waals surface area (Å²) in [5.74, 6) is -3.07. The first-order valence-electron chi connectivity index (χ1n) is 6.94. The highest BCUT2D eigenvalue weighted by Crippen LogP contribution is 2.22. The molecule has 3 aromatic rings. The number of rotatable bonds is 4. The first kappa shape index (κ1) is 15.6. The summed E-state index contributed by atoms with van der Waals surface area (Å²) in [6.45, 7) is 0.0826. The number of benzene rings is 1. The second-order valence-electron chi connectivity index (χ2n) is 4.96. The average Bonchev–Trinajstić information content (AvgIpc) is 3.07. The number of hydrogen-bond acceptors (Lipinski definition) is 4. The van der Waals surface area contributed by atoms with Crippen molar-refractivity contribution < 1.29 is 18.7 Å². The van der Waals surface area contributed by atoms with Crippen molar-refractivity contribution in [3.63, 3.8) is 0 Å². The molecule has 0 unspecified atom stereocenters. The minimum absolute atomic E-state index is 0.0826. The number of nitrogens with zero attached hydrogens (tertiary/aromatic N) is 3. The molecule has 1 amide bonds. The predicted molar refractivity (Wildman–Crippen MR) is 80.6 cm³/mol. The number of hydrogen-bond donors (Lipinski definition) is 2. The van der Waals surface area contributed by atoms with Gasteiger partial charge in [-0.1, -0.05) is 0 Å². The fraction of sp³-hybridized carbons (Fsp3) is 0.0625. The summed E-state index contributed by atoms with van der Waals surface area (Å²) in [5, 5.41) is 12.0. The van der Waals surface area contributed by atoms with Crippen LogP contribution in [0.5, 0.6) is 5.75 Å². The van der Waals surface area contributed by atoms with Gasteiger partial charge >= 0.3 is 0 Å². The molecular weight excluding hydrogens is 318 g/mol. The molecule has 8 heteroatoms. The molecule has 0 atom stereocenters. The van der Waals surface area contributed by atoms with E-state index in [9.17, 15) is 18.7 Å². The lowest BCUT2D eigenvalue weighted by atomic mass is 10.1. The molecule has 2 heterocycles. The molecule has 0 aliphatic carbocycles. The van der Waals surface area contributed by atoms with Crippen molar-refractivity contribution in [3.05, 3.63) is 71.9 Å². The number of imidazole rings is 1. The molecule has 2 aromatic heterocycles. The van der Waals surface area contributed by atoms with Crippen molar-refractivity contribution in [2.75, 3.05) is 0 Å². The van der Waals surface area contributed by atoms with E-state index in [1.807, 2.05) is 0 Å². The highest BCUT2D eigenvalue weighted by molar-refractivity contribution is 5.97. The molecule has 0 radical (unpaired) electrons. The maximum absolute atomic E-state index is 13.7. The molecule has 24 heavy (non-hydrogen) atoms. The van der Waals surface area contributed by atoms with Crippen molar-refractivity contribution in [3.8, 4) is 11.6 Å². The highest BCUT2D eigenvalue weighted by Gasteiger charge is 2.18. The van der Waals surface area contributed by atoms with E-state index < -0.39 is 28.9 Å². The molecule has 2 N–H and O–H groups in total. The lowest BCUT2D eigenvalue weighted by Gasteiger charge is -2.09. The van der Waals surface area contributed by atoms with Crippen LogP contribution in [0.2, 0.25) is 0 Å². The summed E-state index contributed by atoms with van der Waals surface area (Å²) < 4.78 is 28.3. The number of amides is 1. The summed E-state index contributed by atoms with van der Waals surface area (Å²) in [5.41, 5.74) is 0.115. The standard InChI is InChI=1S/C16H12F2N4O2/c17-11-6-12(18)15(13(23)7-11)16(24)21-8-10-1-2-20-14(5-10)22-4-3-19-9-22/h1-7,9,23H,8H2,(H,21,24). The van der Waals surface area contributed by atoms with Gasteiger partial charge in [0.15, 0.2) is 0 Å². The van der Waals surface area contributed by atoms with Gasteiger partial charge in [-0.15, -0.1) is 0 Å². The largest absolute Gasteiger partial charge is 0.507 e. The second-order valence-corrected chi connectivity index (χ2v) is 4.96. The first-order valence-corrected chi connectivity index (χ1v) is 6.94. The van der Waals surface area contributed by atoms with Crippen LogP contribution in [0, 0.1) is 11.6 Å². The maximum Gasteiger partial charge on any atom is 0.258 e. The van der Waals surface area contributed by atoms with Gasteiger partial charge in [0, 0.05) is 37.3 Å². The predicted octanol–water partition coefficient (Wildman–Crippen LogP) is 2.18. The van der Waals surface area contributed by atoms with Gasteiger partial charge in [0.2, 0.25) is 0 Å². The molecule has 6 nitrogen and oxygen atoms in total. The summed E-state index contributed by atoms with van der Waals surface area (Å²) in [7, 11) is 0. The van der Waals surface area contributed by atoms with Crippen LogP contribution >= 0.6 is 0 Å². The molecule has 0 saturated carbocycles. The Morgan fingerprint density at radius 2 is 2.08 bits per heavy atom. The maximum atomic E-state index is 13.7. The Hall–Kier alpha value is -3.29. The number of carbonyl (C=O) groups is 1. The van der Waals surface area contributed by atoms with Crippen LogP contribution in [0.15, 0.2) is 49.2 Å². The van der Waals surface area contributed by atoms with E-state index >= 15 is 0 Å². The molecule has 0 aliphatic heterocycles. The number of carbonyl (C=O) groups excluding carboxylic acids is 1. The Bertz CT molecular complexity index is 859. The van der Waals surface area contributed by atoms with Crippen LogP contribution in [0.4, 0.5) is 8.78 Å². The highest BCUT2D eigenvalue weighted by atomic mass is 19.1. The Kier molecular flexibility index (Phi) is 4.19. The third-order valence-electron chi connectivity index (χ3n) is 3.29. The lowest BCUT2D eigenvalue weighted by Crippen LogP contribution is -2.24. The van der Waals surface area contributed by atoms with E-state index in [-0.39, 0.29) is 6.54 Å². The van der Waals surface area contributed by atoms with Gasteiger partial charge in [0.25, 0.3) is 5.91 Å². The molecule has 122 valence electrons. The SMILES string of the molecule is O=C(NCc1ccnc(-n2ccnc2)c1)c1c(O)cc(F)cc1F. The Morgan fingerprint density at radius 3 is 2.79 bits per heavy atom. The van der Waals surface area contributed by atoms with Crippen LogP contribution in [-0.4, -0.2) is 25.5 Å². The van der Waals surface area contributed by atoms with E-state index in [1.165, 1.54) is 0 Å². The van der Waals surface area contributed by atoms with E-state index in [1.54, 1.807) is 41.6 Å². The number of halogens is 2. The molecular formula is C16H12F2N4O2. The van der Waals surface area contributed by atoms with Crippen molar-refractivity contribution in [2.45, 2.75) is 6.54 Å². The zero-order valence-corrected chi connectivity index (χ0v) is 12.3. The quantitative estimate of drug-likeness (QED) is 0.768. The van der Waals surface area contributed by atoms with Crippen LogP contribution < -0.4 is 5.32 Å². The molecule has 0 saturated heterocycles. The fourth-order valence-electron chi connectivity index (χ4n) is 2.16. The Balaban J connectivity index is 1.75. The van der Waals surface area contributed by atoms with Gasteiger partial charge in [0.1, 0.15) is 35.1 Å². The normalized spacial score (nSPS) is 10.6. The third kappa shape index (κ3) is 3.22. The van der Waals surface area contributed by atoms with Gasteiger partial charge in [-0.3, -0.25) is 9.36 Å². The zero-order chi connectivity index (χ0) is 17.1. The molecule has 3 rings (SSSR count). The minimum atomic E-state index is -1.13. The minimum Gasteiger partial charge on any atom is -0.507 e. The Morgan fingerprint density at radius 1 is 1.25 bits per heavy atom. The van der Waals surface area contributed by atoms with E-state index in [2.05, 4.69) is 15.3 Å². The van der Waals surface area contributed by atoms with Crippen LogP contribution in [0.3, 0.4) is 0 Å². The number of phenolic OH excluding ortho intramolecular Hbond substituents is 1. The second kappa shape index (κ2) is 6.45. The lowest BCUT2D eigenvalue weighted by molar-refractivity contribution is 0.0944. The number of nitrogens with one attached hydrogen (secondary N) is 1. The van der Waals surface area contributed by atoms with Crippen LogP contribution in [-0.2, 0) is 6.54 Å². The van der Waals surface area contributed by atoms with Crippen molar-refractivity contribution in [2.24, 2.45) is 0 Å². The fourth-order valence-corrected chi connectivity index (χ4v) is 2.16. The van der Waals surface area contributed by atoms with Gasteiger partial charge < -0.3 is 10.4 Å². The van der Waals surface area contributed by atoms with Crippen molar-refractivity contribution in [1.82, 2.24) is 19.9 Å². The van der Waals surface area contributed by atoms with E-state index in [0.29, 0.717) is 23.5 Å². The zero-order valence-electron chi connectivity index (χ0n) is 12.3. The topological polar surface area (TPSA) is 80.0 Å². The first-order chi connectivity index (χ1) is 11.5. The summed E-state index contributed by atoms with van der Waals surface area (Å²) in [6.07, 6.45) is 6.47. The average molecular weight is 330 g/mol. The monoisotopic (exact) mass is 330 g/mol. The van der Waals surface area contributed by atoms with Crippen molar-refractivity contribution in [1.29, 1.82) is 0 Å². The molecule has 0 aliphatic rings. The smallest absolute Gasteiger partial charge is 0.258 e. The number of aromatic hydroxyl groups is 1. The van der Waals surface area contributed by atoms with Gasteiger partial charge in [0.05, 0.1) is 0 Å². The summed E-state index contributed by atoms with van der Waals surface area (Å²) >= 11 is 0. The van der Waals surface area contributed by atoms with E-state index in [0.717, 1.165) is 0 Å². The molecule has 0 bridgehead atoms. The van der Waals surface area contributed by atoms with E-state index in [4.69, 9.17) is 0 Å². The molecule has 0 spiro atoms. The number of pyridine rings is 1. The number of aromatic nitrogens is 3. The Labute approximate surface area is 135 Å². The van der Waals surface area contributed by atoms with Gasteiger partial charge in [-0.25, -0.2) is 18.7 Å². The summed E-state index contributed by atoms with van der Waals surface area (Å²) in [4.78, 5) is 20.1. The van der Waals surface area contributed by atoms with Gasteiger partial charge in [-0.05, 0) is 17.7 Å². The number of phenols is 1. The molecule has 0 fully saturated rings.